The van der Waals surface area contributed by atoms with E-state index in [1.165, 1.54) is 38.5 Å². The van der Waals surface area contributed by atoms with Crippen molar-refractivity contribution >= 4 is 34.9 Å². The topological polar surface area (TPSA) is 104 Å². The molecule has 0 bridgehead atoms. The van der Waals surface area contributed by atoms with Crippen molar-refractivity contribution in [3.8, 4) is 52.1 Å². The third-order valence-corrected chi connectivity index (χ3v) is 15.7. The summed E-state index contributed by atoms with van der Waals surface area (Å²) in [5, 5.41) is 6.24. The largest absolute Gasteiger partial charge is 0.490 e. The van der Waals surface area contributed by atoms with Gasteiger partial charge in [-0.3, -0.25) is 9.59 Å². The third-order valence-electron chi connectivity index (χ3n) is 15.7. The molecule has 0 saturated heterocycles. The SMILES string of the molecule is CC(C)CCC[C@H](C)CCOc1cc(C(=O)N[C@@H](CC(C)C)C(=O)NCc2ccc(C#Cc3cc4c5c(c3)Oc3ccccc3B5c3ccccc3O4)cc2)cc(OCC[C@@H](C)CCCC(C)C)c1OCC[C@@H](C)CCCC(C)C. The zero-order valence-electron chi connectivity index (χ0n) is 50.3. The number of carbonyl (C=O) groups is 2. The molecule has 0 spiro atoms. The van der Waals surface area contributed by atoms with E-state index < -0.39 is 6.04 Å². The van der Waals surface area contributed by atoms with Crippen LogP contribution in [0, 0.1) is 53.3 Å². The molecular weight excluding hydrogens is 992 g/mol. The Bertz CT molecular complexity index is 2730. The van der Waals surface area contributed by atoms with Crippen LogP contribution in [-0.4, -0.2) is 44.4 Å². The summed E-state index contributed by atoms with van der Waals surface area (Å²) in [5.41, 5.74) is 6.14. The number of para-hydroxylation sites is 2. The number of fused-ring (bicyclic) bond motifs is 4. The standard InChI is InChI=1S/C70H93BN2O7/c1-47(2)19-16-22-51(9)35-38-76-65-44-57(45-66(77-39-36-52(10)23-17-20-48(3)4)68(65)78-40-37-53(11)24-18-21-49(5)6)69(74)73-60(41-50(7)8)70(75)72-46-55-32-29-54(30-33-55)31-34-56-42-63-67-64(43-56)80-62-28-15-13-26-59(62)71(67)58-25-12-14-27-61(58)79-63/h12-15,25-30,32-33,42-45,47-53,60H,16-24,35-41,46H2,1-11H3,(H,72,75)(H,73,74)/t51-,52-,53-,60-/m0/s1. The van der Waals surface area contributed by atoms with Crippen LogP contribution in [0.1, 0.15) is 187 Å². The molecule has 4 atom stereocenters. The molecule has 7 rings (SSSR count). The lowest BCUT2D eigenvalue weighted by Gasteiger charge is -2.32. The van der Waals surface area contributed by atoms with Gasteiger partial charge in [-0.2, -0.15) is 0 Å². The maximum Gasteiger partial charge on any atom is 0.260 e. The van der Waals surface area contributed by atoms with Crippen LogP contribution in [0.5, 0.6) is 40.2 Å². The molecular formula is C70H93BN2O7. The van der Waals surface area contributed by atoms with Crippen LogP contribution >= 0.6 is 0 Å². The zero-order chi connectivity index (χ0) is 57.1. The molecule has 2 aliphatic rings. The quantitative estimate of drug-likeness (QED) is 0.0330. The van der Waals surface area contributed by atoms with Crippen molar-refractivity contribution in [2.75, 3.05) is 19.8 Å². The van der Waals surface area contributed by atoms with Gasteiger partial charge in [0.05, 0.1) is 19.8 Å². The van der Waals surface area contributed by atoms with Crippen molar-refractivity contribution in [2.45, 2.75) is 172 Å². The fourth-order valence-corrected chi connectivity index (χ4v) is 10.8. The predicted molar refractivity (Wildman–Crippen MR) is 329 cm³/mol. The van der Waals surface area contributed by atoms with Crippen LogP contribution in [0.2, 0.25) is 0 Å². The molecule has 10 heteroatoms. The third kappa shape index (κ3) is 18.3. The summed E-state index contributed by atoms with van der Waals surface area (Å²) in [7, 11) is 0. The minimum absolute atomic E-state index is 0.00934. The van der Waals surface area contributed by atoms with Crippen LogP contribution in [0.25, 0.3) is 0 Å². The van der Waals surface area contributed by atoms with Gasteiger partial charge in [0.2, 0.25) is 11.7 Å². The van der Waals surface area contributed by atoms with Crippen LogP contribution in [0.15, 0.2) is 97.1 Å². The maximum absolute atomic E-state index is 14.5. The highest BCUT2D eigenvalue weighted by atomic mass is 16.5. The van der Waals surface area contributed by atoms with Gasteiger partial charge in [-0.1, -0.05) is 194 Å². The molecule has 428 valence electrons. The second-order valence-corrected chi connectivity index (χ2v) is 24.9. The van der Waals surface area contributed by atoms with E-state index >= 15 is 0 Å². The second kappa shape index (κ2) is 30.5. The molecule has 2 N–H and O–H groups in total. The second-order valence-electron chi connectivity index (χ2n) is 24.9. The number of benzene rings is 5. The molecule has 2 aliphatic heterocycles. The molecule has 2 amide bonds. The smallest absolute Gasteiger partial charge is 0.260 e. The van der Waals surface area contributed by atoms with Gasteiger partial charge >= 0.3 is 0 Å². The van der Waals surface area contributed by atoms with Crippen molar-refractivity contribution in [1.82, 2.24) is 10.6 Å². The number of amides is 2. The highest BCUT2D eigenvalue weighted by Gasteiger charge is 2.40. The highest BCUT2D eigenvalue weighted by Crippen LogP contribution is 2.41. The summed E-state index contributed by atoms with van der Waals surface area (Å²) >= 11 is 0. The minimum atomic E-state index is -0.778. The van der Waals surface area contributed by atoms with E-state index in [0.717, 1.165) is 94.6 Å². The van der Waals surface area contributed by atoms with Gasteiger partial charge in [0, 0.05) is 28.7 Å². The molecule has 0 aromatic heterocycles. The molecule has 0 unspecified atom stereocenters. The molecule has 0 aliphatic carbocycles. The normalized spacial score (nSPS) is 13.7. The predicted octanol–water partition coefficient (Wildman–Crippen LogP) is 15.0. The maximum atomic E-state index is 14.5. The van der Waals surface area contributed by atoms with Crippen molar-refractivity contribution in [2.24, 2.45) is 41.4 Å². The van der Waals surface area contributed by atoms with E-state index in [-0.39, 0.29) is 31.0 Å². The number of carbonyl (C=O) groups excluding carboxylic acids is 2. The van der Waals surface area contributed by atoms with Crippen LogP contribution in [0.4, 0.5) is 0 Å². The molecule has 9 nitrogen and oxygen atoms in total. The fourth-order valence-electron chi connectivity index (χ4n) is 10.8. The van der Waals surface area contributed by atoms with Crippen LogP contribution in [0.3, 0.4) is 0 Å². The molecule has 0 saturated carbocycles. The Morgan fingerprint density at radius 2 is 0.975 bits per heavy atom. The Kier molecular flexibility index (Phi) is 23.3. The molecule has 0 fully saturated rings. The Morgan fingerprint density at radius 3 is 1.45 bits per heavy atom. The molecule has 80 heavy (non-hydrogen) atoms. The van der Waals surface area contributed by atoms with Crippen molar-refractivity contribution in [1.29, 1.82) is 0 Å². The van der Waals surface area contributed by atoms with E-state index in [2.05, 4.69) is 123 Å². The zero-order valence-corrected chi connectivity index (χ0v) is 50.3. The molecule has 5 aromatic rings. The lowest BCUT2D eigenvalue weighted by atomic mass is 9.35. The number of hydrogen-bond donors (Lipinski definition) is 2. The first kappa shape index (κ1) is 61.3. The van der Waals surface area contributed by atoms with Gasteiger partial charge in [0.1, 0.15) is 29.0 Å². The molecule has 0 radical (unpaired) electrons. The Morgan fingerprint density at radius 1 is 0.512 bits per heavy atom. The summed E-state index contributed by atoms with van der Waals surface area (Å²) in [6.45, 7) is 26.5. The number of rotatable bonds is 31. The lowest BCUT2D eigenvalue weighted by Crippen LogP contribution is -2.57. The van der Waals surface area contributed by atoms with Gasteiger partial charge in [0.25, 0.3) is 12.6 Å². The first-order valence-corrected chi connectivity index (χ1v) is 30.5. The van der Waals surface area contributed by atoms with Gasteiger partial charge in [0.15, 0.2) is 11.5 Å². The monoisotopic (exact) mass is 1080 g/mol. The van der Waals surface area contributed by atoms with Crippen LogP contribution in [-0.2, 0) is 11.3 Å². The van der Waals surface area contributed by atoms with E-state index in [9.17, 15) is 9.59 Å². The van der Waals surface area contributed by atoms with Gasteiger partial charge < -0.3 is 34.3 Å². The summed E-state index contributed by atoms with van der Waals surface area (Å²) in [6.07, 6.45) is 13.8. The molecule has 5 aromatic carbocycles. The van der Waals surface area contributed by atoms with Gasteiger partial charge in [-0.15, -0.1) is 0 Å². The van der Waals surface area contributed by atoms with Crippen molar-refractivity contribution < 1.29 is 33.3 Å². The fraction of sp³-hybridized carbons (Fsp3) is 0.514. The summed E-state index contributed by atoms with van der Waals surface area (Å²) in [5.74, 6) is 14.4. The average Bonchev–Trinajstić information content (AvgIpc) is 3.50. The molecule has 2 heterocycles. The first-order valence-electron chi connectivity index (χ1n) is 30.5. The van der Waals surface area contributed by atoms with Gasteiger partial charge in [-0.25, -0.2) is 0 Å². The summed E-state index contributed by atoms with van der Waals surface area (Å²) < 4.78 is 32.9. The van der Waals surface area contributed by atoms with Crippen molar-refractivity contribution in [3.05, 3.63) is 119 Å². The van der Waals surface area contributed by atoms with E-state index in [0.29, 0.717) is 84.6 Å². The van der Waals surface area contributed by atoms with Gasteiger partial charge in [-0.05, 0) is 132 Å². The van der Waals surface area contributed by atoms with E-state index in [4.69, 9.17) is 23.7 Å². The lowest BCUT2D eigenvalue weighted by molar-refractivity contribution is -0.123. The number of hydrogen-bond acceptors (Lipinski definition) is 7. The Hall–Kier alpha value is -6.34. The Balaban J connectivity index is 1.04. The minimum Gasteiger partial charge on any atom is -0.490 e. The van der Waals surface area contributed by atoms with E-state index in [1.807, 2.05) is 60.7 Å². The van der Waals surface area contributed by atoms with E-state index in [1.54, 1.807) is 12.1 Å². The first-order chi connectivity index (χ1) is 38.5. The summed E-state index contributed by atoms with van der Waals surface area (Å²) in [6, 6.07) is 31.0. The summed E-state index contributed by atoms with van der Waals surface area (Å²) in [4.78, 5) is 28.7. The Labute approximate surface area is 481 Å². The van der Waals surface area contributed by atoms with Crippen LogP contribution < -0.4 is 50.7 Å². The highest BCUT2D eigenvalue weighted by molar-refractivity contribution is 6.98. The average molecular weight is 1090 g/mol. The number of ether oxygens (including phenoxy) is 5. The number of nitrogens with one attached hydrogen (secondary N) is 2. The van der Waals surface area contributed by atoms with Crippen molar-refractivity contribution in [3.63, 3.8) is 0 Å².